The number of aromatic nitrogens is 3. The number of nitrogens with zero attached hydrogens (tertiary/aromatic N) is 4. The molecule has 180 valence electrons. The predicted molar refractivity (Wildman–Crippen MR) is 125 cm³/mol. The Labute approximate surface area is 195 Å². The molecule has 0 radical (unpaired) electrons. The van der Waals surface area contributed by atoms with E-state index in [0.29, 0.717) is 35.7 Å². The van der Waals surface area contributed by atoms with E-state index < -0.39 is 5.60 Å². The molecule has 3 rings (SSSR count). The van der Waals surface area contributed by atoms with Crippen molar-refractivity contribution in [3.63, 3.8) is 0 Å². The maximum atomic E-state index is 12.2. The summed E-state index contributed by atoms with van der Waals surface area (Å²) in [4.78, 5) is 26.9. The third-order valence-electron chi connectivity index (χ3n) is 5.23. The molecule has 10 nitrogen and oxygen atoms in total. The van der Waals surface area contributed by atoms with E-state index in [1.54, 1.807) is 25.2 Å². The average molecular weight is 459 g/mol. The number of hydrogen-bond donors (Lipinski definition) is 2. The van der Waals surface area contributed by atoms with E-state index in [0.717, 1.165) is 38.2 Å². The smallest absolute Gasteiger partial charge is 0.410 e. The zero-order valence-electron chi connectivity index (χ0n) is 20.1. The van der Waals surface area contributed by atoms with Crippen molar-refractivity contribution < 1.29 is 19.0 Å². The third-order valence-corrected chi connectivity index (χ3v) is 5.23. The van der Waals surface area contributed by atoms with Gasteiger partial charge in [-0.2, -0.15) is 4.98 Å². The molecule has 0 atom stereocenters. The summed E-state index contributed by atoms with van der Waals surface area (Å²) in [6, 6.07) is 5.47. The van der Waals surface area contributed by atoms with Gasteiger partial charge in [0.2, 0.25) is 11.8 Å². The number of anilines is 2. The third kappa shape index (κ3) is 7.45. The summed E-state index contributed by atoms with van der Waals surface area (Å²) in [5.41, 5.74) is 1.10. The lowest BCUT2D eigenvalue weighted by Gasteiger charge is -2.33. The fraction of sp³-hybridized carbons (Fsp3) is 0.565. The minimum atomic E-state index is -0.463. The maximum absolute atomic E-state index is 12.2. The normalized spacial score (nSPS) is 14.6. The highest BCUT2D eigenvalue weighted by atomic mass is 16.6. The number of amides is 1. The summed E-state index contributed by atoms with van der Waals surface area (Å²) < 4.78 is 15.9. The molecular weight excluding hydrogens is 424 g/mol. The number of carbonyl (C=O) groups excluding carboxylic acids is 1. The molecule has 1 amide bonds. The highest BCUT2D eigenvalue weighted by Crippen LogP contribution is 2.27. The molecule has 1 saturated heterocycles. The Morgan fingerprint density at radius 2 is 1.91 bits per heavy atom. The van der Waals surface area contributed by atoms with Crippen LogP contribution in [0.15, 0.2) is 24.5 Å². The van der Waals surface area contributed by atoms with E-state index in [4.69, 9.17) is 14.2 Å². The molecule has 0 spiro atoms. The first-order chi connectivity index (χ1) is 15.8. The fourth-order valence-electron chi connectivity index (χ4n) is 3.54. The van der Waals surface area contributed by atoms with Crippen molar-refractivity contribution in [1.29, 1.82) is 0 Å². The quantitative estimate of drug-likeness (QED) is 0.615. The number of rotatable bonds is 8. The van der Waals surface area contributed by atoms with Crippen LogP contribution in [0.25, 0.3) is 0 Å². The number of methoxy groups -OCH3 is 2. The molecule has 0 saturated carbocycles. The summed E-state index contributed by atoms with van der Waals surface area (Å²) in [6.07, 6.45) is 3.21. The molecule has 2 aromatic heterocycles. The number of nitrogens with one attached hydrogen (secondary N) is 2. The molecule has 1 fully saturated rings. The molecule has 10 heteroatoms. The lowest BCUT2D eigenvalue weighted by atomic mass is 9.97. The van der Waals surface area contributed by atoms with Gasteiger partial charge in [-0.25, -0.2) is 14.8 Å². The molecule has 0 bridgehead atoms. The van der Waals surface area contributed by atoms with Crippen LogP contribution in [0.4, 0.5) is 16.3 Å². The summed E-state index contributed by atoms with van der Waals surface area (Å²) in [7, 11) is 3.11. The standard InChI is InChI=1S/C23H34N6O4/c1-23(2,3)33-22(30)29-10-8-16(9-11-29)13-24-14-17-12-19(26-15-25-17)27-18-6-7-20(31-4)28-21(18)32-5/h6-7,12,15-16,24H,8-11,13-14H2,1-5H3,(H,25,26,27). The summed E-state index contributed by atoms with van der Waals surface area (Å²) in [5, 5.41) is 6.69. The number of piperidine rings is 1. The Morgan fingerprint density at radius 3 is 2.58 bits per heavy atom. The lowest BCUT2D eigenvalue weighted by Crippen LogP contribution is -2.43. The molecular formula is C23H34N6O4. The van der Waals surface area contributed by atoms with Gasteiger partial charge in [0.15, 0.2) is 0 Å². The molecule has 0 aromatic carbocycles. The first kappa shape index (κ1) is 24.5. The number of likely N-dealkylation sites (tertiary alicyclic amines) is 1. The van der Waals surface area contributed by atoms with Crippen molar-refractivity contribution in [1.82, 2.24) is 25.2 Å². The Kier molecular flexibility index (Phi) is 8.26. The van der Waals surface area contributed by atoms with Crippen molar-refractivity contribution in [2.24, 2.45) is 5.92 Å². The largest absolute Gasteiger partial charge is 0.481 e. The van der Waals surface area contributed by atoms with Crippen molar-refractivity contribution in [2.45, 2.75) is 45.8 Å². The minimum absolute atomic E-state index is 0.224. The van der Waals surface area contributed by atoms with E-state index in [9.17, 15) is 4.79 Å². The monoisotopic (exact) mass is 458 g/mol. The van der Waals surface area contributed by atoms with Crippen LogP contribution < -0.4 is 20.1 Å². The molecule has 2 aromatic rings. The Morgan fingerprint density at radius 1 is 1.15 bits per heavy atom. The summed E-state index contributed by atoms with van der Waals surface area (Å²) >= 11 is 0. The van der Waals surface area contributed by atoms with E-state index in [-0.39, 0.29) is 6.09 Å². The summed E-state index contributed by atoms with van der Waals surface area (Å²) in [6.45, 7) is 8.61. The zero-order chi connectivity index (χ0) is 23.8. The second-order valence-electron chi connectivity index (χ2n) is 8.97. The number of hydrogen-bond acceptors (Lipinski definition) is 9. The van der Waals surface area contributed by atoms with Crippen LogP contribution in [0.5, 0.6) is 11.8 Å². The van der Waals surface area contributed by atoms with Gasteiger partial charge in [-0.15, -0.1) is 0 Å². The maximum Gasteiger partial charge on any atom is 0.410 e. The van der Waals surface area contributed by atoms with Crippen molar-refractivity contribution in [2.75, 3.05) is 39.2 Å². The van der Waals surface area contributed by atoms with E-state index in [1.165, 1.54) is 6.33 Å². The van der Waals surface area contributed by atoms with Crippen molar-refractivity contribution >= 4 is 17.6 Å². The van der Waals surface area contributed by atoms with Gasteiger partial charge in [0, 0.05) is 31.8 Å². The second-order valence-corrected chi connectivity index (χ2v) is 8.97. The van der Waals surface area contributed by atoms with E-state index in [2.05, 4.69) is 25.6 Å². The topological polar surface area (TPSA) is 111 Å². The Bertz CT molecular complexity index is 925. The lowest BCUT2D eigenvalue weighted by molar-refractivity contribution is 0.0184. The highest BCUT2D eigenvalue weighted by molar-refractivity contribution is 5.68. The Hall–Kier alpha value is -3.14. The van der Waals surface area contributed by atoms with Crippen LogP contribution in [-0.4, -0.2) is 65.4 Å². The van der Waals surface area contributed by atoms with Gasteiger partial charge in [-0.05, 0) is 52.1 Å². The molecule has 3 heterocycles. The van der Waals surface area contributed by atoms with Crippen LogP contribution in [0.3, 0.4) is 0 Å². The van der Waals surface area contributed by atoms with Gasteiger partial charge in [0.1, 0.15) is 23.4 Å². The second kappa shape index (κ2) is 11.1. The van der Waals surface area contributed by atoms with Gasteiger partial charge in [-0.1, -0.05) is 0 Å². The van der Waals surface area contributed by atoms with Crippen LogP contribution >= 0.6 is 0 Å². The number of pyridine rings is 1. The van der Waals surface area contributed by atoms with Crippen LogP contribution in [-0.2, 0) is 11.3 Å². The molecule has 1 aliphatic rings. The first-order valence-electron chi connectivity index (χ1n) is 11.1. The summed E-state index contributed by atoms with van der Waals surface area (Å²) in [5.74, 6) is 2.06. The Balaban J connectivity index is 1.46. The average Bonchev–Trinajstić information content (AvgIpc) is 2.79. The van der Waals surface area contributed by atoms with Gasteiger partial charge < -0.3 is 29.7 Å². The van der Waals surface area contributed by atoms with Crippen molar-refractivity contribution in [3.8, 4) is 11.8 Å². The van der Waals surface area contributed by atoms with Gasteiger partial charge in [0.25, 0.3) is 0 Å². The number of carbonyl (C=O) groups is 1. The fourth-order valence-corrected chi connectivity index (χ4v) is 3.54. The molecule has 33 heavy (non-hydrogen) atoms. The van der Waals surface area contributed by atoms with Crippen LogP contribution in [0.2, 0.25) is 0 Å². The van der Waals surface area contributed by atoms with Gasteiger partial charge in [0.05, 0.1) is 19.9 Å². The number of ether oxygens (including phenoxy) is 3. The minimum Gasteiger partial charge on any atom is -0.481 e. The SMILES string of the molecule is COc1ccc(Nc2cc(CNCC3CCN(C(=O)OC(C)(C)C)CC3)ncn2)c(OC)n1. The molecule has 2 N–H and O–H groups in total. The predicted octanol–water partition coefficient (Wildman–Crippen LogP) is 3.37. The van der Waals surface area contributed by atoms with Crippen LogP contribution in [0, 0.1) is 5.92 Å². The van der Waals surface area contributed by atoms with Gasteiger partial charge in [-0.3, -0.25) is 0 Å². The molecule has 0 unspecified atom stereocenters. The zero-order valence-corrected chi connectivity index (χ0v) is 20.1. The van der Waals surface area contributed by atoms with E-state index >= 15 is 0 Å². The van der Waals surface area contributed by atoms with Crippen LogP contribution in [0.1, 0.15) is 39.3 Å². The first-order valence-corrected chi connectivity index (χ1v) is 11.1. The van der Waals surface area contributed by atoms with E-state index in [1.807, 2.05) is 32.9 Å². The molecule has 1 aliphatic heterocycles. The van der Waals surface area contributed by atoms with Crippen molar-refractivity contribution in [3.05, 3.63) is 30.2 Å². The van der Waals surface area contributed by atoms with Gasteiger partial charge >= 0.3 is 6.09 Å². The highest BCUT2D eigenvalue weighted by Gasteiger charge is 2.26. The molecule has 0 aliphatic carbocycles.